The number of amides is 1. The van der Waals surface area contributed by atoms with Crippen LogP contribution < -0.4 is 19.1 Å². The quantitative estimate of drug-likeness (QED) is 0.351. The maximum Gasteiger partial charge on any atom is 0.417 e. The molecule has 236 valence electrons. The zero-order chi connectivity index (χ0) is 31.8. The highest BCUT2D eigenvalue weighted by molar-refractivity contribution is 7.89. The van der Waals surface area contributed by atoms with Crippen LogP contribution >= 0.6 is 0 Å². The molecular formula is C30H31F4N3O6S. The highest BCUT2D eigenvalue weighted by atomic mass is 32.2. The van der Waals surface area contributed by atoms with Gasteiger partial charge in [-0.25, -0.2) is 12.8 Å². The number of hydrogen-bond acceptors (Lipinski definition) is 7. The molecule has 2 heterocycles. The van der Waals surface area contributed by atoms with Crippen molar-refractivity contribution in [1.29, 1.82) is 0 Å². The summed E-state index contributed by atoms with van der Waals surface area (Å²) in [6, 6.07) is 10.1. The molecule has 14 heteroatoms. The maximum absolute atomic E-state index is 13.8. The smallest absolute Gasteiger partial charge is 0.417 e. The summed E-state index contributed by atoms with van der Waals surface area (Å²) >= 11 is 0. The van der Waals surface area contributed by atoms with E-state index in [0.717, 1.165) is 23.3 Å². The number of carbonyl (C=O) groups is 1. The molecule has 0 bridgehead atoms. The minimum absolute atomic E-state index is 0.0527. The lowest BCUT2D eigenvalue weighted by atomic mass is 10.0. The summed E-state index contributed by atoms with van der Waals surface area (Å²) < 4.78 is 99.3. The molecule has 0 N–H and O–H groups in total. The number of hydrogen-bond donors (Lipinski definition) is 0. The van der Waals surface area contributed by atoms with Crippen molar-refractivity contribution in [3.63, 3.8) is 0 Å². The number of halogens is 4. The highest BCUT2D eigenvalue weighted by Crippen LogP contribution is 2.37. The van der Waals surface area contributed by atoms with Gasteiger partial charge in [-0.1, -0.05) is 0 Å². The Morgan fingerprint density at radius 1 is 0.795 bits per heavy atom. The van der Waals surface area contributed by atoms with Gasteiger partial charge in [0.05, 0.1) is 43.0 Å². The van der Waals surface area contributed by atoms with Crippen LogP contribution in [0.15, 0.2) is 53.4 Å². The van der Waals surface area contributed by atoms with Gasteiger partial charge in [-0.05, 0) is 66.1 Å². The van der Waals surface area contributed by atoms with Crippen LogP contribution in [-0.2, 0) is 29.2 Å². The van der Waals surface area contributed by atoms with Gasteiger partial charge in [-0.3, -0.25) is 4.79 Å². The predicted molar refractivity (Wildman–Crippen MR) is 153 cm³/mol. The highest BCUT2D eigenvalue weighted by Gasteiger charge is 2.37. The number of alkyl halides is 3. The Bertz CT molecular complexity index is 1670. The van der Waals surface area contributed by atoms with Crippen LogP contribution in [0.2, 0.25) is 0 Å². The molecule has 1 fully saturated rings. The third-order valence-electron chi connectivity index (χ3n) is 7.90. The van der Waals surface area contributed by atoms with Crippen molar-refractivity contribution in [2.24, 2.45) is 0 Å². The van der Waals surface area contributed by atoms with E-state index in [-0.39, 0.29) is 44.2 Å². The van der Waals surface area contributed by atoms with Crippen molar-refractivity contribution in [2.45, 2.75) is 24.0 Å². The molecule has 0 unspecified atom stereocenters. The van der Waals surface area contributed by atoms with Gasteiger partial charge in [-0.2, -0.15) is 17.5 Å². The number of anilines is 1. The number of nitrogens with zero attached hydrogens (tertiary/aromatic N) is 3. The van der Waals surface area contributed by atoms with Crippen molar-refractivity contribution < 1.29 is 45.0 Å². The minimum atomic E-state index is -4.90. The number of piperazine rings is 1. The van der Waals surface area contributed by atoms with Gasteiger partial charge in [-0.15, -0.1) is 0 Å². The second-order valence-electron chi connectivity index (χ2n) is 10.4. The normalized spacial score (nSPS) is 16.0. The van der Waals surface area contributed by atoms with Gasteiger partial charge in [0.1, 0.15) is 11.6 Å². The molecule has 0 spiro atoms. The Labute approximate surface area is 252 Å². The lowest BCUT2D eigenvalue weighted by molar-refractivity contribution is -0.138. The molecule has 44 heavy (non-hydrogen) atoms. The summed E-state index contributed by atoms with van der Waals surface area (Å²) in [5, 5.41) is 0. The molecule has 0 aromatic heterocycles. The lowest BCUT2D eigenvalue weighted by Gasteiger charge is -2.37. The zero-order valence-corrected chi connectivity index (χ0v) is 25.1. The molecule has 0 saturated carbocycles. The Hall–Kier alpha value is -4.04. The van der Waals surface area contributed by atoms with Crippen LogP contribution in [0.5, 0.6) is 17.2 Å². The van der Waals surface area contributed by atoms with E-state index in [9.17, 15) is 30.8 Å². The van der Waals surface area contributed by atoms with Crippen molar-refractivity contribution in [1.82, 2.24) is 9.21 Å². The molecule has 2 aliphatic heterocycles. The van der Waals surface area contributed by atoms with Crippen LogP contribution in [0, 0.1) is 5.82 Å². The molecule has 3 aromatic carbocycles. The average Bonchev–Trinajstić information content (AvgIpc) is 3.02. The molecule has 1 saturated heterocycles. The van der Waals surface area contributed by atoms with E-state index >= 15 is 0 Å². The summed E-state index contributed by atoms with van der Waals surface area (Å²) in [5.74, 6) is -0.469. The first-order valence-electron chi connectivity index (χ1n) is 13.7. The molecule has 0 aliphatic carbocycles. The molecular weight excluding hydrogens is 606 g/mol. The summed E-state index contributed by atoms with van der Waals surface area (Å²) in [5.41, 5.74) is 0.295. The summed E-state index contributed by atoms with van der Waals surface area (Å²) in [7, 11) is 0.569. The minimum Gasteiger partial charge on any atom is -0.495 e. The van der Waals surface area contributed by atoms with E-state index < -0.39 is 39.1 Å². The largest absolute Gasteiger partial charge is 0.495 e. The SMILES string of the molecule is COc1cc2c(cc1OC)CN(S(=O)(=O)c1ccc(OC)c(N3CCN(C(=O)c4ccc(F)cc4C(F)(F)F)CC3)c1)CC2. The summed E-state index contributed by atoms with van der Waals surface area (Å²) in [6.45, 7) is 0.920. The molecule has 9 nitrogen and oxygen atoms in total. The second kappa shape index (κ2) is 12.2. The monoisotopic (exact) mass is 637 g/mol. The average molecular weight is 638 g/mol. The molecule has 3 aromatic rings. The topological polar surface area (TPSA) is 88.6 Å². The maximum atomic E-state index is 13.8. The number of rotatable bonds is 7. The number of benzene rings is 3. The predicted octanol–water partition coefficient (Wildman–Crippen LogP) is 4.58. The number of fused-ring (bicyclic) bond motifs is 1. The van der Waals surface area contributed by atoms with Crippen LogP contribution in [0.25, 0.3) is 0 Å². The van der Waals surface area contributed by atoms with Crippen molar-refractivity contribution in [3.05, 3.63) is 76.6 Å². The molecule has 2 aliphatic rings. The molecule has 0 atom stereocenters. The Morgan fingerprint density at radius 2 is 1.43 bits per heavy atom. The van der Waals surface area contributed by atoms with E-state index in [2.05, 4.69) is 0 Å². The second-order valence-corrected chi connectivity index (χ2v) is 12.3. The van der Waals surface area contributed by atoms with Gasteiger partial charge in [0.25, 0.3) is 5.91 Å². The van der Waals surface area contributed by atoms with Gasteiger partial charge in [0.15, 0.2) is 11.5 Å². The Kier molecular flexibility index (Phi) is 8.67. The number of ether oxygens (including phenoxy) is 3. The number of sulfonamides is 1. The van der Waals surface area contributed by atoms with Crippen molar-refractivity contribution in [3.8, 4) is 17.2 Å². The van der Waals surface area contributed by atoms with Crippen LogP contribution in [-0.4, -0.2) is 77.6 Å². The van der Waals surface area contributed by atoms with E-state index in [4.69, 9.17) is 14.2 Å². The fourth-order valence-corrected chi connectivity index (χ4v) is 6.99. The van der Waals surface area contributed by atoms with E-state index in [1.807, 2.05) is 11.0 Å². The summed E-state index contributed by atoms with van der Waals surface area (Å²) in [6.07, 6.45) is -4.42. The number of methoxy groups -OCH3 is 3. The fraction of sp³-hybridized carbons (Fsp3) is 0.367. The third kappa shape index (κ3) is 6.00. The van der Waals surface area contributed by atoms with Gasteiger partial charge >= 0.3 is 6.18 Å². The summed E-state index contributed by atoms with van der Waals surface area (Å²) in [4.78, 5) is 16.2. The van der Waals surface area contributed by atoms with Gasteiger partial charge < -0.3 is 24.0 Å². The van der Waals surface area contributed by atoms with E-state index in [1.54, 1.807) is 12.1 Å². The van der Waals surface area contributed by atoms with Crippen molar-refractivity contribution >= 4 is 21.6 Å². The van der Waals surface area contributed by atoms with E-state index in [0.29, 0.717) is 35.4 Å². The first kappa shape index (κ1) is 31.4. The molecule has 0 radical (unpaired) electrons. The van der Waals surface area contributed by atoms with Crippen LogP contribution in [0.4, 0.5) is 23.2 Å². The van der Waals surface area contributed by atoms with Gasteiger partial charge in [0.2, 0.25) is 10.0 Å². The van der Waals surface area contributed by atoms with E-state index in [1.165, 1.54) is 42.7 Å². The first-order valence-corrected chi connectivity index (χ1v) is 15.1. The van der Waals surface area contributed by atoms with Crippen LogP contribution in [0.1, 0.15) is 27.0 Å². The Morgan fingerprint density at radius 3 is 2.05 bits per heavy atom. The third-order valence-corrected chi connectivity index (χ3v) is 9.74. The number of carbonyl (C=O) groups excluding carboxylic acids is 1. The fourth-order valence-electron chi connectivity index (χ4n) is 5.55. The standard InChI is InChI=1S/C30H31F4N3O6S/c1-41-26-7-5-22(44(39,40)37-9-8-19-14-27(42-2)28(43-3)15-20(19)18-37)17-25(26)35-10-12-36(13-11-35)29(38)23-6-4-21(31)16-24(23)30(32,33)34/h4-7,14-17H,8-13,18H2,1-3H3. The first-order chi connectivity index (χ1) is 20.9. The van der Waals surface area contributed by atoms with Gasteiger partial charge in [0, 0.05) is 39.3 Å². The lowest BCUT2D eigenvalue weighted by Crippen LogP contribution is -2.49. The van der Waals surface area contributed by atoms with Crippen LogP contribution in [0.3, 0.4) is 0 Å². The Balaban J connectivity index is 1.35. The van der Waals surface area contributed by atoms with Crippen molar-refractivity contribution in [2.75, 3.05) is 59.0 Å². The molecule has 1 amide bonds. The zero-order valence-electron chi connectivity index (χ0n) is 24.3. The molecule has 5 rings (SSSR count).